The van der Waals surface area contributed by atoms with E-state index >= 15 is 0 Å². The van der Waals surface area contributed by atoms with Crippen molar-refractivity contribution >= 4 is 11.6 Å². The van der Waals surface area contributed by atoms with Gasteiger partial charge in [-0.15, -0.1) is 10.2 Å². The van der Waals surface area contributed by atoms with E-state index in [-0.39, 0.29) is 12.5 Å². The zero-order chi connectivity index (χ0) is 16.4. The molecule has 1 aliphatic carbocycles. The average molecular weight is 326 g/mol. The summed E-state index contributed by atoms with van der Waals surface area (Å²) in [6, 6.07) is 7.76. The lowest BCUT2D eigenvalue weighted by Crippen LogP contribution is -2.19. The number of anilines is 1. The van der Waals surface area contributed by atoms with Crippen LogP contribution in [0.3, 0.4) is 0 Å². The number of amides is 1. The molecule has 1 aromatic carbocycles. The van der Waals surface area contributed by atoms with Gasteiger partial charge in [0.2, 0.25) is 5.91 Å². The lowest BCUT2D eigenvalue weighted by molar-refractivity contribution is -0.120. The van der Waals surface area contributed by atoms with Gasteiger partial charge in [-0.3, -0.25) is 4.79 Å². The molecule has 0 atom stereocenters. The minimum absolute atomic E-state index is 0.108. The zero-order valence-corrected chi connectivity index (χ0v) is 13.7. The maximum Gasteiger partial charge on any atom is 0.250 e. The van der Waals surface area contributed by atoms with E-state index < -0.39 is 0 Å². The van der Waals surface area contributed by atoms with Crippen LogP contribution in [0.2, 0.25) is 0 Å². The first-order valence-corrected chi connectivity index (χ1v) is 8.70. The van der Waals surface area contributed by atoms with E-state index in [1.165, 1.54) is 25.7 Å². The minimum Gasteiger partial charge on any atom is -0.371 e. The molecule has 0 spiro atoms. The van der Waals surface area contributed by atoms with Gasteiger partial charge in [0.25, 0.3) is 0 Å². The lowest BCUT2D eigenvalue weighted by Gasteiger charge is -2.14. The van der Waals surface area contributed by atoms with Gasteiger partial charge in [0.05, 0.1) is 6.61 Å². The van der Waals surface area contributed by atoms with Crippen molar-refractivity contribution in [3.63, 3.8) is 0 Å². The first-order valence-electron chi connectivity index (χ1n) is 8.70. The van der Waals surface area contributed by atoms with Gasteiger partial charge in [-0.2, -0.15) is 0 Å². The molecule has 2 heterocycles. The molecule has 1 saturated carbocycles. The molecule has 126 valence electrons. The standard InChI is InChI=1S/C18H22N4O2/c23-17(12-24-11-13-4-5-13)19-15-8-6-14(7-9-15)18-21-20-16-3-1-2-10-22(16)18/h6-9,13H,1-5,10-12H2,(H,19,23). The van der Waals surface area contributed by atoms with E-state index in [1.807, 2.05) is 24.3 Å². The monoisotopic (exact) mass is 326 g/mol. The second kappa shape index (κ2) is 6.73. The number of hydrogen-bond donors (Lipinski definition) is 1. The fourth-order valence-electron chi connectivity index (χ4n) is 3.02. The van der Waals surface area contributed by atoms with Crippen molar-refractivity contribution in [3.8, 4) is 11.4 Å². The number of carbonyl (C=O) groups excluding carboxylic acids is 1. The number of ether oxygens (including phenoxy) is 1. The topological polar surface area (TPSA) is 69.0 Å². The highest BCUT2D eigenvalue weighted by atomic mass is 16.5. The van der Waals surface area contributed by atoms with Crippen molar-refractivity contribution in [2.75, 3.05) is 18.5 Å². The van der Waals surface area contributed by atoms with Gasteiger partial charge >= 0.3 is 0 Å². The molecule has 1 aliphatic heterocycles. The molecule has 1 amide bonds. The van der Waals surface area contributed by atoms with Gasteiger partial charge < -0.3 is 14.6 Å². The summed E-state index contributed by atoms with van der Waals surface area (Å²) in [5, 5.41) is 11.5. The van der Waals surface area contributed by atoms with E-state index in [2.05, 4.69) is 20.1 Å². The highest BCUT2D eigenvalue weighted by Gasteiger charge is 2.21. The Bertz CT molecular complexity index is 719. The van der Waals surface area contributed by atoms with Crippen molar-refractivity contribution in [3.05, 3.63) is 30.1 Å². The average Bonchev–Trinajstić information content (AvgIpc) is 3.32. The molecule has 2 aromatic rings. The number of aromatic nitrogens is 3. The maximum atomic E-state index is 11.9. The third-order valence-corrected chi connectivity index (χ3v) is 4.57. The summed E-state index contributed by atoms with van der Waals surface area (Å²) in [4.78, 5) is 11.9. The lowest BCUT2D eigenvalue weighted by atomic mass is 10.1. The van der Waals surface area contributed by atoms with Crippen molar-refractivity contribution < 1.29 is 9.53 Å². The van der Waals surface area contributed by atoms with Crippen molar-refractivity contribution in [1.82, 2.24) is 14.8 Å². The molecule has 0 saturated heterocycles. The van der Waals surface area contributed by atoms with Crippen LogP contribution in [-0.2, 0) is 22.5 Å². The SMILES string of the molecule is O=C(COCC1CC1)Nc1ccc(-c2nnc3n2CCCC3)cc1. The summed E-state index contributed by atoms with van der Waals surface area (Å²) in [6.45, 7) is 1.80. The van der Waals surface area contributed by atoms with Gasteiger partial charge in [-0.25, -0.2) is 0 Å². The normalized spacial score (nSPS) is 16.7. The molecule has 1 aromatic heterocycles. The zero-order valence-electron chi connectivity index (χ0n) is 13.7. The Morgan fingerprint density at radius 1 is 1.21 bits per heavy atom. The fourth-order valence-corrected chi connectivity index (χ4v) is 3.02. The Balaban J connectivity index is 1.37. The first-order chi connectivity index (χ1) is 11.8. The van der Waals surface area contributed by atoms with Crippen LogP contribution in [0, 0.1) is 5.92 Å². The van der Waals surface area contributed by atoms with Crippen molar-refractivity contribution in [1.29, 1.82) is 0 Å². The Morgan fingerprint density at radius 3 is 2.83 bits per heavy atom. The largest absolute Gasteiger partial charge is 0.371 e. The molecule has 6 heteroatoms. The summed E-state index contributed by atoms with van der Waals surface area (Å²) in [5.41, 5.74) is 1.80. The van der Waals surface area contributed by atoms with E-state index in [9.17, 15) is 4.79 Å². The summed E-state index contributed by atoms with van der Waals surface area (Å²) in [6.07, 6.45) is 5.83. The van der Waals surface area contributed by atoms with Crippen LogP contribution < -0.4 is 5.32 Å². The molecular weight excluding hydrogens is 304 g/mol. The number of fused-ring (bicyclic) bond motifs is 1. The van der Waals surface area contributed by atoms with E-state index in [0.717, 1.165) is 35.9 Å². The van der Waals surface area contributed by atoms with E-state index in [4.69, 9.17) is 4.74 Å². The van der Waals surface area contributed by atoms with Crippen molar-refractivity contribution in [2.45, 2.75) is 38.6 Å². The van der Waals surface area contributed by atoms with Gasteiger partial charge in [0, 0.05) is 24.2 Å². The number of benzene rings is 1. The number of hydrogen-bond acceptors (Lipinski definition) is 4. The Morgan fingerprint density at radius 2 is 2.04 bits per heavy atom. The van der Waals surface area contributed by atoms with Crippen LogP contribution in [0.5, 0.6) is 0 Å². The Labute approximate surface area is 141 Å². The second-order valence-electron chi connectivity index (χ2n) is 6.63. The number of rotatable bonds is 6. The van der Waals surface area contributed by atoms with Crippen LogP contribution in [0.15, 0.2) is 24.3 Å². The minimum atomic E-state index is -0.108. The summed E-state index contributed by atoms with van der Waals surface area (Å²) in [7, 11) is 0. The predicted octanol–water partition coefficient (Wildman–Crippen LogP) is 2.65. The molecule has 4 rings (SSSR count). The predicted molar refractivity (Wildman–Crippen MR) is 90.6 cm³/mol. The molecule has 1 N–H and O–H groups in total. The molecule has 6 nitrogen and oxygen atoms in total. The Kier molecular flexibility index (Phi) is 4.30. The molecule has 1 fully saturated rings. The first kappa shape index (κ1) is 15.3. The highest BCUT2D eigenvalue weighted by molar-refractivity contribution is 5.91. The smallest absolute Gasteiger partial charge is 0.250 e. The van der Waals surface area contributed by atoms with Crippen LogP contribution in [0.4, 0.5) is 5.69 Å². The summed E-state index contributed by atoms with van der Waals surface area (Å²) in [5.74, 6) is 2.55. The van der Waals surface area contributed by atoms with Crippen LogP contribution >= 0.6 is 0 Å². The van der Waals surface area contributed by atoms with Crippen LogP contribution in [0.1, 0.15) is 31.5 Å². The number of nitrogens with one attached hydrogen (secondary N) is 1. The summed E-state index contributed by atoms with van der Waals surface area (Å²) < 4.78 is 7.60. The van der Waals surface area contributed by atoms with E-state index in [0.29, 0.717) is 12.5 Å². The third kappa shape index (κ3) is 3.48. The van der Waals surface area contributed by atoms with Gasteiger partial charge in [-0.05, 0) is 55.9 Å². The molecule has 0 unspecified atom stereocenters. The molecule has 0 bridgehead atoms. The number of nitrogens with zero attached hydrogens (tertiary/aromatic N) is 3. The molecule has 2 aliphatic rings. The Hall–Kier alpha value is -2.21. The van der Waals surface area contributed by atoms with Gasteiger partial charge in [0.15, 0.2) is 5.82 Å². The fraction of sp³-hybridized carbons (Fsp3) is 0.500. The van der Waals surface area contributed by atoms with Crippen LogP contribution in [0.25, 0.3) is 11.4 Å². The quantitative estimate of drug-likeness (QED) is 0.886. The summed E-state index contributed by atoms with van der Waals surface area (Å²) >= 11 is 0. The second-order valence-corrected chi connectivity index (χ2v) is 6.63. The molecule has 24 heavy (non-hydrogen) atoms. The number of carbonyl (C=O) groups is 1. The van der Waals surface area contributed by atoms with Crippen LogP contribution in [-0.4, -0.2) is 33.9 Å². The molecule has 0 radical (unpaired) electrons. The van der Waals surface area contributed by atoms with E-state index in [1.54, 1.807) is 0 Å². The van der Waals surface area contributed by atoms with Gasteiger partial charge in [0.1, 0.15) is 12.4 Å². The maximum absolute atomic E-state index is 11.9. The molecular formula is C18H22N4O2. The van der Waals surface area contributed by atoms with Crippen molar-refractivity contribution in [2.24, 2.45) is 5.92 Å². The highest BCUT2D eigenvalue weighted by Crippen LogP contribution is 2.28. The van der Waals surface area contributed by atoms with Gasteiger partial charge in [-0.1, -0.05) is 0 Å². The third-order valence-electron chi connectivity index (χ3n) is 4.57. The number of aryl methyl sites for hydroxylation is 1.